The summed E-state index contributed by atoms with van der Waals surface area (Å²) in [7, 11) is 0. The lowest BCUT2D eigenvalue weighted by molar-refractivity contribution is -0.110. The van der Waals surface area contributed by atoms with Gasteiger partial charge in [-0.15, -0.1) is 0 Å². The lowest BCUT2D eigenvalue weighted by Crippen LogP contribution is -2.25. The number of hydrogen-bond acceptors (Lipinski definition) is 4. The van der Waals surface area contributed by atoms with Crippen molar-refractivity contribution in [2.24, 2.45) is 5.10 Å². The molecule has 0 radical (unpaired) electrons. The smallest absolute Gasteiger partial charge is 0.271 e. The van der Waals surface area contributed by atoms with Crippen LogP contribution in [0, 0.1) is 3.57 Å². The fraction of sp³-hybridized carbons (Fsp3) is 0.0667. The summed E-state index contributed by atoms with van der Waals surface area (Å²) in [6.07, 6.45) is 3.02. The Morgan fingerprint density at radius 3 is 2.59 bits per heavy atom. The first-order valence-electron chi connectivity index (χ1n) is 6.38. The van der Waals surface area contributed by atoms with Gasteiger partial charge in [-0.1, -0.05) is 6.07 Å². The summed E-state index contributed by atoms with van der Waals surface area (Å²) in [4.78, 5) is 27.6. The number of rotatable bonds is 4. The van der Waals surface area contributed by atoms with Crippen molar-refractivity contribution < 1.29 is 9.59 Å². The number of anilines is 1. The number of pyridine rings is 1. The Morgan fingerprint density at radius 1 is 1.18 bits per heavy atom. The van der Waals surface area contributed by atoms with Crippen molar-refractivity contribution in [3.8, 4) is 0 Å². The molecule has 0 bridgehead atoms. The summed E-state index contributed by atoms with van der Waals surface area (Å²) < 4.78 is 1.01. The third-order valence-corrected chi connectivity index (χ3v) is 3.35. The van der Waals surface area contributed by atoms with Crippen molar-refractivity contribution in [2.75, 3.05) is 5.32 Å². The summed E-state index contributed by atoms with van der Waals surface area (Å²) >= 11 is 2.16. The first-order chi connectivity index (χ1) is 10.6. The fourth-order valence-corrected chi connectivity index (χ4v) is 2.08. The van der Waals surface area contributed by atoms with Gasteiger partial charge < -0.3 is 5.32 Å². The Labute approximate surface area is 141 Å². The summed E-state index contributed by atoms with van der Waals surface area (Å²) in [6, 6.07) is 10.5. The first kappa shape index (κ1) is 16.1. The van der Waals surface area contributed by atoms with E-state index in [0.29, 0.717) is 11.3 Å². The van der Waals surface area contributed by atoms with Crippen LogP contribution in [0.5, 0.6) is 0 Å². The number of nitrogens with one attached hydrogen (secondary N) is 2. The molecule has 2 rings (SSSR count). The number of nitrogens with zero attached hydrogens (tertiary/aromatic N) is 2. The van der Waals surface area contributed by atoms with Crippen LogP contribution >= 0.6 is 22.6 Å². The highest BCUT2D eigenvalue weighted by Crippen LogP contribution is 2.12. The third-order valence-electron chi connectivity index (χ3n) is 2.68. The van der Waals surface area contributed by atoms with E-state index in [-0.39, 0.29) is 11.6 Å². The average Bonchev–Trinajstić information content (AvgIpc) is 2.53. The van der Waals surface area contributed by atoms with Gasteiger partial charge in [-0.05, 0) is 59.8 Å². The number of aromatic nitrogens is 1. The minimum absolute atomic E-state index is 0.154. The molecule has 0 saturated heterocycles. The number of benzene rings is 1. The molecule has 0 atom stereocenters. The molecular formula is C15H13IN4O2. The van der Waals surface area contributed by atoms with Gasteiger partial charge >= 0.3 is 0 Å². The molecule has 0 unspecified atom stereocenters. The third kappa shape index (κ3) is 4.62. The molecule has 1 aromatic heterocycles. The number of hydrazone groups is 1. The minimum Gasteiger partial charge on any atom is -0.321 e. The monoisotopic (exact) mass is 408 g/mol. The van der Waals surface area contributed by atoms with Crippen molar-refractivity contribution in [1.82, 2.24) is 10.4 Å². The zero-order valence-corrected chi connectivity index (χ0v) is 13.9. The Balaban J connectivity index is 1.97. The molecule has 2 N–H and O–H groups in total. The number of hydrogen-bond donors (Lipinski definition) is 2. The highest BCUT2D eigenvalue weighted by molar-refractivity contribution is 14.1. The second-order valence-electron chi connectivity index (χ2n) is 4.34. The largest absolute Gasteiger partial charge is 0.321 e. The Hall–Kier alpha value is -2.29. The van der Waals surface area contributed by atoms with E-state index in [2.05, 4.69) is 43.4 Å². The molecule has 7 heteroatoms. The number of carbonyl (C=O) groups excluding carboxylic acids is 2. The maximum atomic E-state index is 12.0. The van der Waals surface area contributed by atoms with E-state index in [0.717, 1.165) is 3.57 Å². The van der Waals surface area contributed by atoms with E-state index in [4.69, 9.17) is 0 Å². The van der Waals surface area contributed by atoms with Gasteiger partial charge in [0.2, 0.25) is 0 Å². The van der Waals surface area contributed by atoms with Crippen molar-refractivity contribution in [2.45, 2.75) is 6.92 Å². The zero-order valence-electron chi connectivity index (χ0n) is 11.7. The predicted molar refractivity (Wildman–Crippen MR) is 92.6 cm³/mol. The van der Waals surface area contributed by atoms with Crippen LogP contribution < -0.4 is 10.7 Å². The molecule has 0 aliphatic heterocycles. The summed E-state index contributed by atoms with van der Waals surface area (Å²) in [5.41, 5.74) is 3.58. The number of carbonyl (C=O) groups is 2. The molecule has 1 heterocycles. The van der Waals surface area contributed by atoms with Crippen molar-refractivity contribution in [3.05, 3.63) is 57.9 Å². The van der Waals surface area contributed by atoms with Gasteiger partial charge in [-0.25, -0.2) is 5.43 Å². The Bertz CT molecular complexity index is 716. The molecule has 22 heavy (non-hydrogen) atoms. The molecule has 0 aliphatic rings. The van der Waals surface area contributed by atoms with Gasteiger partial charge in [0.1, 0.15) is 5.71 Å². The van der Waals surface area contributed by atoms with Gasteiger partial charge in [0, 0.05) is 27.2 Å². The molecule has 0 saturated carbocycles. The van der Waals surface area contributed by atoms with Gasteiger partial charge in [-0.2, -0.15) is 5.10 Å². The lowest BCUT2D eigenvalue weighted by Gasteiger charge is -2.05. The summed E-state index contributed by atoms with van der Waals surface area (Å²) in [5, 5.41) is 6.51. The van der Waals surface area contributed by atoms with Gasteiger partial charge in [0.25, 0.3) is 11.8 Å². The van der Waals surface area contributed by atoms with Crippen LogP contribution in [0.4, 0.5) is 5.69 Å². The molecule has 112 valence electrons. The van der Waals surface area contributed by atoms with Crippen LogP contribution in [0.2, 0.25) is 0 Å². The topological polar surface area (TPSA) is 83.5 Å². The van der Waals surface area contributed by atoms with Crippen LogP contribution in [0.3, 0.4) is 0 Å². The molecule has 2 amide bonds. The summed E-state index contributed by atoms with van der Waals surface area (Å²) in [5.74, 6) is -0.777. The van der Waals surface area contributed by atoms with Gasteiger partial charge in [0.15, 0.2) is 0 Å². The molecular weight excluding hydrogens is 395 g/mol. The highest BCUT2D eigenvalue weighted by atomic mass is 127. The minimum atomic E-state index is -0.399. The van der Waals surface area contributed by atoms with Crippen LogP contribution in [0.1, 0.15) is 17.3 Å². The second kappa shape index (κ2) is 7.64. The van der Waals surface area contributed by atoms with Crippen molar-refractivity contribution in [3.63, 3.8) is 0 Å². The van der Waals surface area contributed by atoms with E-state index >= 15 is 0 Å². The van der Waals surface area contributed by atoms with E-state index in [1.165, 1.54) is 19.3 Å². The normalized spacial score (nSPS) is 10.9. The average molecular weight is 408 g/mol. The quantitative estimate of drug-likeness (QED) is 0.463. The van der Waals surface area contributed by atoms with Crippen LogP contribution in [-0.4, -0.2) is 22.5 Å². The molecule has 0 aliphatic carbocycles. The van der Waals surface area contributed by atoms with Crippen LogP contribution in [0.15, 0.2) is 53.9 Å². The van der Waals surface area contributed by atoms with Crippen LogP contribution in [-0.2, 0) is 4.79 Å². The summed E-state index contributed by atoms with van der Waals surface area (Å²) in [6.45, 7) is 1.52. The maximum absolute atomic E-state index is 12.0. The zero-order chi connectivity index (χ0) is 15.9. The Morgan fingerprint density at radius 2 is 1.91 bits per heavy atom. The van der Waals surface area contributed by atoms with Crippen LogP contribution in [0.25, 0.3) is 0 Å². The van der Waals surface area contributed by atoms with E-state index < -0.39 is 5.91 Å². The lowest BCUT2D eigenvalue weighted by atomic mass is 10.2. The molecule has 2 aromatic rings. The van der Waals surface area contributed by atoms with E-state index in [9.17, 15) is 9.59 Å². The molecule has 0 spiro atoms. The first-order valence-corrected chi connectivity index (χ1v) is 7.45. The van der Waals surface area contributed by atoms with Gasteiger partial charge in [-0.3, -0.25) is 14.6 Å². The SMILES string of the molecule is C/C(=N\NC(=O)c1ccncc1)C(=O)Nc1cccc(I)c1. The van der Waals surface area contributed by atoms with Gasteiger partial charge in [0.05, 0.1) is 0 Å². The number of halogens is 1. The molecule has 1 aromatic carbocycles. The van der Waals surface area contributed by atoms with E-state index in [1.807, 2.05) is 18.2 Å². The Kier molecular flexibility index (Phi) is 5.59. The molecule has 0 fully saturated rings. The van der Waals surface area contributed by atoms with E-state index in [1.54, 1.807) is 18.2 Å². The molecule has 6 nitrogen and oxygen atoms in total. The van der Waals surface area contributed by atoms with Crippen molar-refractivity contribution >= 4 is 45.8 Å². The van der Waals surface area contributed by atoms with Crippen molar-refractivity contribution in [1.29, 1.82) is 0 Å². The fourth-order valence-electron chi connectivity index (χ4n) is 1.54. The highest BCUT2D eigenvalue weighted by Gasteiger charge is 2.08. The maximum Gasteiger partial charge on any atom is 0.271 e. The number of amides is 2. The standard InChI is InChI=1S/C15H13IN4O2/c1-10(14(21)18-13-4-2-3-12(16)9-13)19-20-15(22)11-5-7-17-8-6-11/h2-9H,1H3,(H,18,21)(H,20,22)/b19-10+. The predicted octanol–water partition coefficient (Wildman–Crippen LogP) is 2.43. The second-order valence-corrected chi connectivity index (χ2v) is 5.58.